The number of thiazole rings is 1. The molecule has 0 saturated carbocycles. The standard InChI is InChI=1S/C38H58N6O7S/c1-9-24(4)33(41-36(48)30-17-13-14-18-43(30)7)38(49)44(8)31(23(2)3)21-32(51-26(6)45)37-40-29(22-52-37)35(47)39-28(19-25(5)34(46)42-50)20-27-15-11-10-12-16-27/h10-12,15-16,22-25,28,30-33,50H,9,13-14,17-21H2,1-8H3,(H,39,47)(H,41,48)(H,42,46)/t24-,25-,28+,30+,31+,32+,33-/m0/s1. The number of piperidine rings is 1. The number of rotatable bonds is 18. The van der Waals surface area contributed by atoms with Crippen molar-refractivity contribution in [2.75, 3.05) is 20.6 Å². The van der Waals surface area contributed by atoms with E-state index in [2.05, 4.69) is 15.6 Å². The third kappa shape index (κ3) is 12.1. The number of carbonyl (C=O) groups excluding carboxylic acids is 5. The summed E-state index contributed by atoms with van der Waals surface area (Å²) in [7, 11) is 3.66. The van der Waals surface area contributed by atoms with Gasteiger partial charge in [-0.1, -0.05) is 77.8 Å². The largest absolute Gasteiger partial charge is 0.455 e. The first-order valence-electron chi connectivity index (χ1n) is 18.3. The number of likely N-dealkylation sites (N-methyl/N-ethyl adjacent to an activating group) is 2. The highest BCUT2D eigenvalue weighted by atomic mass is 32.1. The van der Waals surface area contributed by atoms with Crippen LogP contribution in [0.1, 0.15) is 107 Å². The van der Waals surface area contributed by atoms with E-state index in [0.717, 1.165) is 31.4 Å². The van der Waals surface area contributed by atoms with E-state index >= 15 is 0 Å². The average molecular weight is 743 g/mol. The summed E-state index contributed by atoms with van der Waals surface area (Å²) in [6, 6.07) is 7.71. The molecule has 4 N–H and O–H groups in total. The number of hydrogen-bond donors (Lipinski definition) is 4. The van der Waals surface area contributed by atoms with Crippen LogP contribution >= 0.6 is 11.3 Å². The zero-order chi connectivity index (χ0) is 38.5. The quantitative estimate of drug-likeness (QED) is 0.0976. The Labute approximate surface area is 312 Å². The minimum atomic E-state index is -0.840. The van der Waals surface area contributed by atoms with Crippen molar-refractivity contribution < 1.29 is 33.9 Å². The molecule has 2 heterocycles. The molecule has 7 atom stereocenters. The van der Waals surface area contributed by atoms with Gasteiger partial charge in [-0.3, -0.25) is 34.1 Å². The van der Waals surface area contributed by atoms with Crippen molar-refractivity contribution in [1.82, 2.24) is 30.9 Å². The normalized spacial score (nSPS) is 18.3. The second-order valence-electron chi connectivity index (χ2n) is 14.5. The molecule has 14 heteroatoms. The lowest BCUT2D eigenvalue weighted by atomic mass is 9.92. The van der Waals surface area contributed by atoms with E-state index in [1.54, 1.807) is 29.7 Å². The maximum Gasteiger partial charge on any atom is 0.303 e. The molecule has 1 aliphatic rings. The van der Waals surface area contributed by atoms with Crippen molar-refractivity contribution >= 4 is 40.9 Å². The Kier molecular flexibility index (Phi) is 16.7. The van der Waals surface area contributed by atoms with Crippen molar-refractivity contribution in [3.63, 3.8) is 0 Å². The molecule has 1 aromatic heterocycles. The van der Waals surface area contributed by atoms with Crippen LogP contribution in [0.3, 0.4) is 0 Å². The molecule has 52 heavy (non-hydrogen) atoms. The van der Waals surface area contributed by atoms with Crippen molar-refractivity contribution in [3.05, 3.63) is 52.0 Å². The van der Waals surface area contributed by atoms with Crippen molar-refractivity contribution in [2.45, 2.75) is 117 Å². The van der Waals surface area contributed by atoms with Crippen LogP contribution < -0.4 is 16.1 Å². The number of benzene rings is 1. The molecule has 0 radical (unpaired) electrons. The minimum Gasteiger partial charge on any atom is -0.455 e. The molecule has 0 bridgehead atoms. The Morgan fingerprint density at radius 1 is 1.06 bits per heavy atom. The number of aromatic nitrogens is 1. The highest BCUT2D eigenvalue weighted by molar-refractivity contribution is 7.09. The molecule has 1 saturated heterocycles. The lowest BCUT2D eigenvalue weighted by Crippen LogP contribution is -2.58. The van der Waals surface area contributed by atoms with Gasteiger partial charge in [-0.15, -0.1) is 11.3 Å². The maximum atomic E-state index is 14.2. The minimum absolute atomic E-state index is 0.0515. The van der Waals surface area contributed by atoms with Crippen LogP contribution in [0, 0.1) is 17.8 Å². The van der Waals surface area contributed by atoms with Crippen molar-refractivity contribution in [2.24, 2.45) is 17.8 Å². The van der Waals surface area contributed by atoms with Crippen LogP contribution in [0.4, 0.5) is 0 Å². The third-order valence-electron chi connectivity index (χ3n) is 10.1. The van der Waals surface area contributed by atoms with Gasteiger partial charge < -0.3 is 20.3 Å². The van der Waals surface area contributed by atoms with Gasteiger partial charge >= 0.3 is 5.97 Å². The molecule has 13 nitrogen and oxygen atoms in total. The number of hydrogen-bond acceptors (Lipinski definition) is 10. The Morgan fingerprint density at radius 3 is 2.35 bits per heavy atom. The molecular weight excluding hydrogens is 685 g/mol. The van der Waals surface area contributed by atoms with Gasteiger partial charge in [0.2, 0.25) is 17.7 Å². The molecule has 1 fully saturated rings. The number of carbonyl (C=O) groups is 5. The summed E-state index contributed by atoms with van der Waals surface area (Å²) in [5, 5.41) is 17.2. The molecular formula is C38H58N6O7S. The molecule has 0 unspecified atom stereocenters. The van der Waals surface area contributed by atoms with E-state index in [4.69, 9.17) is 9.94 Å². The highest BCUT2D eigenvalue weighted by Gasteiger charge is 2.37. The molecule has 4 amide bonds. The summed E-state index contributed by atoms with van der Waals surface area (Å²) in [6.07, 6.45) is 3.56. The van der Waals surface area contributed by atoms with E-state index < -0.39 is 47.9 Å². The predicted molar refractivity (Wildman–Crippen MR) is 199 cm³/mol. The van der Waals surface area contributed by atoms with Gasteiger partial charge in [0.1, 0.15) is 16.7 Å². The first kappa shape index (κ1) is 42.5. The smallest absolute Gasteiger partial charge is 0.303 e. The van der Waals surface area contributed by atoms with Gasteiger partial charge in [-0.2, -0.15) is 0 Å². The van der Waals surface area contributed by atoms with Crippen molar-refractivity contribution in [1.29, 1.82) is 0 Å². The lowest BCUT2D eigenvalue weighted by Gasteiger charge is -2.38. The Morgan fingerprint density at radius 2 is 1.75 bits per heavy atom. The second kappa shape index (κ2) is 20.4. The summed E-state index contributed by atoms with van der Waals surface area (Å²) in [6.45, 7) is 11.7. The van der Waals surface area contributed by atoms with Crippen LogP contribution in [-0.4, -0.2) is 94.4 Å². The van der Waals surface area contributed by atoms with Gasteiger partial charge in [0.05, 0.1) is 6.04 Å². The number of amides is 4. The van der Waals surface area contributed by atoms with Crippen LogP contribution in [0.15, 0.2) is 35.7 Å². The zero-order valence-corrected chi connectivity index (χ0v) is 32.7. The number of hydroxylamine groups is 1. The van der Waals surface area contributed by atoms with Crippen LogP contribution in [-0.2, 0) is 30.3 Å². The van der Waals surface area contributed by atoms with E-state index in [9.17, 15) is 24.0 Å². The summed E-state index contributed by atoms with van der Waals surface area (Å²) in [5.74, 6) is -2.62. The number of likely N-dealkylation sites (tertiary alicyclic amines) is 1. The molecule has 2 aromatic rings. The van der Waals surface area contributed by atoms with Gasteiger partial charge in [0, 0.05) is 43.8 Å². The van der Waals surface area contributed by atoms with Gasteiger partial charge in [0.25, 0.3) is 5.91 Å². The maximum absolute atomic E-state index is 14.2. The fourth-order valence-electron chi connectivity index (χ4n) is 6.75. The first-order valence-corrected chi connectivity index (χ1v) is 19.2. The summed E-state index contributed by atoms with van der Waals surface area (Å²) in [4.78, 5) is 73.9. The first-order chi connectivity index (χ1) is 24.7. The number of nitrogens with one attached hydrogen (secondary N) is 3. The third-order valence-corrected chi connectivity index (χ3v) is 11.1. The Bertz CT molecular complexity index is 1490. The molecule has 0 aliphatic carbocycles. The lowest BCUT2D eigenvalue weighted by molar-refractivity contribution is -0.149. The monoisotopic (exact) mass is 742 g/mol. The van der Waals surface area contributed by atoms with Crippen LogP contribution in [0.25, 0.3) is 0 Å². The summed E-state index contributed by atoms with van der Waals surface area (Å²) >= 11 is 1.18. The van der Waals surface area contributed by atoms with Crippen LogP contribution in [0.2, 0.25) is 0 Å². The van der Waals surface area contributed by atoms with E-state index in [1.807, 2.05) is 70.0 Å². The molecule has 1 aliphatic heterocycles. The Balaban J connectivity index is 1.81. The highest BCUT2D eigenvalue weighted by Crippen LogP contribution is 2.31. The molecule has 3 rings (SSSR count). The van der Waals surface area contributed by atoms with Crippen LogP contribution in [0.5, 0.6) is 0 Å². The predicted octanol–water partition coefficient (Wildman–Crippen LogP) is 4.51. The fourth-order valence-corrected chi connectivity index (χ4v) is 7.59. The van der Waals surface area contributed by atoms with E-state index in [0.29, 0.717) is 17.8 Å². The van der Waals surface area contributed by atoms with E-state index in [1.165, 1.54) is 18.3 Å². The number of nitrogens with zero attached hydrogens (tertiary/aromatic N) is 3. The zero-order valence-electron chi connectivity index (χ0n) is 31.9. The SMILES string of the molecule is CC[C@H](C)[C@H](NC(=O)[C@H]1CCCCN1C)C(=O)N(C)[C@H](C[C@@H](OC(C)=O)c1nc(C(=O)N[C@@H](Cc2ccccc2)C[C@H](C)C(=O)NO)cs1)C(C)C. The molecule has 0 spiro atoms. The van der Waals surface area contributed by atoms with Gasteiger partial charge in [-0.25, -0.2) is 10.5 Å². The molecule has 288 valence electrons. The fraction of sp³-hybridized carbons (Fsp3) is 0.632. The average Bonchev–Trinajstić information content (AvgIpc) is 3.62. The van der Waals surface area contributed by atoms with Crippen molar-refractivity contribution in [3.8, 4) is 0 Å². The number of esters is 1. The molecule has 1 aromatic carbocycles. The van der Waals surface area contributed by atoms with Gasteiger partial charge in [0.15, 0.2) is 6.10 Å². The second-order valence-corrected chi connectivity index (χ2v) is 15.4. The Hall–Kier alpha value is -3.88. The topological polar surface area (TPSA) is 170 Å². The van der Waals surface area contributed by atoms with Gasteiger partial charge in [-0.05, 0) is 56.7 Å². The number of ether oxygens (including phenoxy) is 1. The summed E-state index contributed by atoms with van der Waals surface area (Å²) < 4.78 is 5.77. The van der Waals surface area contributed by atoms with E-state index in [-0.39, 0.29) is 48.2 Å². The summed E-state index contributed by atoms with van der Waals surface area (Å²) in [5.41, 5.74) is 2.78.